The lowest BCUT2D eigenvalue weighted by Crippen LogP contribution is -2.42. The average molecular weight is 300 g/mol. The standard InChI is InChI=1S/C15H22ClNO3/c1-6-15(3,4)17-14(18)10-8-11(16)13(20-7-2)12(9-10)19-5/h8-9H,6-7H2,1-5H3,(H,17,18). The summed E-state index contributed by atoms with van der Waals surface area (Å²) in [6.07, 6.45) is 0.834. The number of halogens is 1. The van der Waals surface area contributed by atoms with E-state index < -0.39 is 0 Å². The van der Waals surface area contributed by atoms with Gasteiger partial charge >= 0.3 is 0 Å². The van der Waals surface area contributed by atoms with Crippen LogP contribution in [0.3, 0.4) is 0 Å². The fraction of sp³-hybridized carbons (Fsp3) is 0.533. The van der Waals surface area contributed by atoms with Gasteiger partial charge in [-0.1, -0.05) is 18.5 Å². The molecule has 1 aromatic rings. The first-order chi connectivity index (χ1) is 9.34. The number of methoxy groups -OCH3 is 1. The molecule has 0 aliphatic heterocycles. The van der Waals surface area contributed by atoms with Crippen LogP contribution in [0, 0.1) is 0 Å². The fourth-order valence-corrected chi connectivity index (χ4v) is 1.87. The van der Waals surface area contributed by atoms with E-state index in [1.807, 2.05) is 27.7 Å². The number of carbonyl (C=O) groups is 1. The molecule has 0 spiro atoms. The van der Waals surface area contributed by atoms with Crippen molar-refractivity contribution < 1.29 is 14.3 Å². The first-order valence-electron chi connectivity index (χ1n) is 6.67. The molecule has 112 valence electrons. The van der Waals surface area contributed by atoms with Gasteiger partial charge in [-0.15, -0.1) is 0 Å². The zero-order valence-electron chi connectivity index (χ0n) is 12.7. The van der Waals surface area contributed by atoms with E-state index in [-0.39, 0.29) is 11.4 Å². The molecule has 0 atom stereocenters. The Morgan fingerprint density at radius 2 is 2.00 bits per heavy atom. The first-order valence-corrected chi connectivity index (χ1v) is 7.05. The highest BCUT2D eigenvalue weighted by molar-refractivity contribution is 6.32. The highest BCUT2D eigenvalue weighted by atomic mass is 35.5. The number of rotatable bonds is 6. The first kappa shape index (κ1) is 16.6. The summed E-state index contributed by atoms with van der Waals surface area (Å²) in [5, 5.41) is 3.32. The van der Waals surface area contributed by atoms with Gasteiger partial charge in [-0.2, -0.15) is 0 Å². The molecule has 20 heavy (non-hydrogen) atoms. The second kappa shape index (κ2) is 6.84. The van der Waals surface area contributed by atoms with Crippen LogP contribution >= 0.6 is 11.6 Å². The summed E-state index contributed by atoms with van der Waals surface area (Å²) in [5.74, 6) is 0.738. The van der Waals surface area contributed by atoms with Crippen LogP contribution in [-0.2, 0) is 0 Å². The lowest BCUT2D eigenvalue weighted by atomic mass is 10.0. The maximum atomic E-state index is 12.2. The third-order valence-electron chi connectivity index (χ3n) is 3.12. The summed E-state index contributed by atoms with van der Waals surface area (Å²) >= 11 is 6.16. The molecule has 4 nitrogen and oxygen atoms in total. The monoisotopic (exact) mass is 299 g/mol. The molecule has 1 N–H and O–H groups in total. The molecular weight excluding hydrogens is 278 g/mol. The van der Waals surface area contributed by atoms with Crippen LogP contribution in [0.25, 0.3) is 0 Å². The maximum absolute atomic E-state index is 12.2. The summed E-state index contributed by atoms with van der Waals surface area (Å²) in [5.41, 5.74) is 0.187. The Morgan fingerprint density at radius 1 is 1.35 bits per heavy atom. The van der Waals surface area contributed by atoms with E-state index in [0.717, 1.165) is 6.42 Å². The van der Waals surface area contributed by atoms with Crippen molar-refractivity contribution in [2.24, 2.45) is 0 Å². The molecule has 0 fully saturated rings. The number of hydrogen-bond acceptors (Lipinski definition) is 3. The summed E-state index contributed by atoms with van der Waals surface area (Å²) in [4.78, 5) is 12.2. The molecule has 1 amide bonds. The van der Waals surface area contributed by atoms with Crippen molar-refractivity contribution in [1.82, 2.24) is 5.32 Å². The smallest absolute Gasteiger partial charge is 0.251 e. The van der Waals surface area contributed by atoms with Crippen molar-refractivity contribution in [3.8, 4) is 11.5 Å². The van der Waals surface area contributed by atoms with Gasteiger partial charge in [0, 0.05) is 11.1 Å². The van der Waals surface area contributed by atoms with Crippen molar-refractivity contribution >= 4 is 17.5 Å². The molecule has 0 aromatic heterocycles. The van der Waals surface area contributed by atoms with Gasteiger partial charge in [-0.3, -0.25) is 4.79 Å². The average Bonchev–Trinajstić information content (AvgIpc) is 2.40. The van der Waals surface area contributed by atoms with Crippen LogP contribution in [-0.4, -0.2) is 25.2 Å². The minimum atomic E-state index is -0.268. The van der Waals surface area contributed by atoms with Crippen LogP contribution < -0.4 is 14.8 Å². The molecule has 5 heteroatoms. The highest BCUT2D eigenvalue weighted by Gasteiger charge is 2.21. The number of ether oxygens (including phenoxy) is 2. The van der Waals surface area contributed by atoms with Crippen LogP contribution in [0.4, 0.5) is 0 Å². The van der Waals surface area contributed by atoms with Crippen molar-refractivity contribution in [2.45, 2.75) is 39.7 Å². The second-order valence-electron chi connectivity index (χ2n) is 5.11. The van der Waals surface area contributed by atoms with E-state index >= 15 is 0 Å². The molecule has 0 saturated carbocycles. The summed E-state index contributed by atoms with van der Waals surface area (Å²) in [7, 11) is 1.52. The van der Waals surface area contributed by atoms with Crippen molar-refractivity contribution in [1.29, 1.82) is 0 Å². The van der Waals surface area contributed by atoms with Gasteiger partial charge in [0.05, 0.1) is 18.7 Å². The van der Waals surface area contributed by atoms with Gasteiger partial charge in [-0.25, -0.2) is 0 Å². The zero-order valence-corrected chi connectivity index (χ0v) is 13.4. The summed E-state index contributed by atoms with van der Waals surface area (Å²) in [6, 6.07) is 3.23. The van der Waals surface area contributed by atoms with Gasteiger partial charge < -0.3 is 14.8 Å². The number of hydrogen-bond donors (Lipinski definition) is 1. The van der Waals surface area contributed by atoms with Gasteiger partial charge in [0.15, 0.2) is 11.5 Å². The third kappa shape index (κ3) is 4.04. The Bertz CT molecular complexity index is 486. The van der Waals surface area contributed by atoms with Crippen LogP contribution in [0.2, 0.25) is 5.02 Å². The lowest BCUT2D eigenvalue weighted by molar-refractivity contribution is 0.0911. The Hall–Kier alpha value is -1.42. The lowest BCUT2D eigenvalue weighted by Gasteiger charge is -2.24. The summed E-state index contributed by atoms with van der Waals surface area (Å²) in [6.45, 7) is 8.30. The molecule has 0 aliphatic carbocycles. The normalized spacial score (nSPS) is 11.1. The highest BCUT2D eigenvalue weighted by Crippen LogP contribution is 2.36. The maximum Gasteiger partial charge on any atom is 0.251 e. The van der Waals surface area contributed by atoms with Crippen molar-refractivity contribution in [3.63, 3.8) is 0 Å². The molecule has 0 radical (unpaired) electrons. The minimum Gasteiger partial charge on any atom is -0.493 e. The predicted octanol–water partition coefficient (Wildman–Crippen LogP) is 3.67. The molecule has 0 heterocycles. The zero-order chi connectivity index (χ0) is 15.3. The van der Waals surface area contributed by atoms with E-state index in [1.54, 1.807) is 12.1 Å². The van der Waals surface area contributed by atoms with Gasteiger partial charge in [-0.05, 0) is 39.3 Å². The number of benzene rings is 1. The number of carbonyl (C=O) groups excluding carboxylic acids is 1. The number of nitrogens with one attached hydrogen (secondary N) is 1. The van der Waals surface area contributed by atoms with Crippen LogP contribution in [0.5, 0.6) is 11.5 Å². The van der Waals surface area contributed by atoms with E-state index in [0.29, 0.717) is 28.7 Å². The molecule has 0 saturated heterocycles. The Balaban J connectivity index is 3.08. The SMILES string of the molecule is CCOc1c(Cl)cc(C(=O)NC(C)(C)CC)cc1OC. The second-order valence-corrected chi connectivity index (χ2v) is 5.52. The predicted molar refractivity (Wildman–Crippen MR) is 81.0 cm³/mol. The summed E-state index contributed by atoms with van der Waals surface area (Å²) < 4.78 is 10.7. The van der Waals surface area contributed by atoms with E-state index in [4.69, 9.17) is 21.1 Å². The molecule has 0 unspecified atom stereocenters. The van der Waals surface area contributed by atoms with Gasteiger partial charge in [0.1, 0.15) is 0 Å². The van der Waals surface area contributed by atoms with E-state index in [1.165, 1.54) is 7.11 Å². The molecule has 0 bridgehead atoms. The van der Waals surface area contributed by atoms with Gasteiger partial charge in [0.2, 0.25) is 0 Å². The minimum absolute atomic E-state index is 0.180. The number of amides is 1. The van der Waals surface area contributed by atoms with Crippen LogP contribution in [0.1, 0.15) is 44.5 Å². The molecule has 0 aliphatic rings. The molecule has 1 aromatic carbocycles. The van der Waals surface area contributed by atoms with E-state index in [2.05, 4.69) is 5.32 Å². The topological polar surface area (TPSA) is 47.6 Å². The van der Waals surface area contributed by atoms with E-state index in [9.17, 15) is 4.79 Å². The molecule has 1 rings (SSSR count). The van der Waals surface area contributed by atoms with Gasteiger partial charge in [0.25, 0.3) is 5.91 Å². The van der Waals surface area contributed by atoms with Crippen LogP contribution in [0.15, 0.2) is 12.1 Å². The Kier molecular flexibility index (Phi) is 5.69. The Morgan fingerprint density at radius 3 is 2.50 bits per heavy atom. The third-order valence-corrected chi connectivity index (χ3v) is 3.40. The quantitative estimate of drug-likeness (QED) is 0.872. The van der Waals surface area contributed by atoms with Crippen molar-refractivity contribution in [3.05, 3.63) is 22.7 Å². The fourth-order valence-electron chi connectivity index (χ4n) is 1.60. The van der Waals surface area contributed by atoms with Crippen molar-refractivity contribution in [2.75, 3.05) is 13.7 Å². The largest absolute Gasteiger partial charge is 0.493 e. The Labute approximate surface area is 125 Å². The molecular formula is C15H22ClNO3.